The van der Waals surface area contributed by atoms with Gasteiger partial charge in [-0.3, -0.25) is 4.79 Å². The third-order valence-electron chi connectivity index (χ3n) is 2.39. The molecule has 2 N–H and O–H groups in total. The summed E-state index contributed by atoms with van der Waals surface area (Å²) < 4.78 is 0. The Kier molecular flexibility index (Phi) is 4.31. The van der Waals surface area contributed by atoms with Gasteiger partial charge in [-0.05, 0) is 38.4 Å². The van der Waals surface area contributed by atoms with E-state index in [9.17, 15) is 4.79 Å². The van der Waals surface area contributed by atoms with E-state index in [1.807, 2.05) is 26.0 Å². The molecular weight excluding hydrogens is 202 g/mol. The Balaban J connectivity index is 2.60. The number of hydrogen-bond acceptors (Lipinski definition) is 3. The second kappa shape index (κ2) is 5.51. The van der Waals surface area contributed by atoms with Gasteiger partial charge in [0, 0.05) is 31.4 Å². The highest BCUT2D eigenvalue weighted by Crippen LogP contribution is 2.07. The molecule has 1 amide bonds. The van der Waals surface area contributed by atoms with E-state index in [1.165, 1.54) is 0 Å². The molecule has 1 aromatic carbocycles. The maximum atomic E-state index is 11.9. The molecule has 0 atom stereocenters. The van der Waals surface area contributed by atoms with E-state index in [0.29, 0.717) is 11.3 Å². The average molecular weight is 221 g/mol. The number of carbonyl (C=O) groups is 1. The molecule has 0 fully saturated rings. The maximum absolute atomic E-state index is 11.9. The lowest BCUT2D eigenvalue weighted by Gasteiger charge is -2.19. The van der Waals surface area contributed by atoms with Crippen LogP contribution in [0.15, 0.2) is 24.3 Å². The number of nitrogens with zero attached hydrogens (tertiary/aromatic N) is 2. The molecule has 0 aromatic heterocycles. The van der Waals surface area contributed by atoms with E-state index in [0.717, 1.165) is 13.1 Å². The summed E-state index contributed by atoms with van der Waals surface area (Å²) in [4.78, 5) is 15.7. The molecule has 0 unspecified atom stereocenters. The van der Waals surface area contributed by atoms with Gasteiger partial charge < -0.3 is 15.5 Å². The van der Waals surface area contributed by atoms with Gasteiger partial charge in [0.15, 0.2) is 0 Å². The molecule has 0 bridgehead atoms. The van der Waals surface area contributed by atoms with E-state index in [1.54, 1.807) is 29.2 Å². The molecule has 0 saturated carbocycles. The number of nitrogens with two attached hydrogens (primary N) is 1. The zero-order valence-corrected chi connectivity index (χ0v) is 10.1. The summed E-state index contributed by atoms with van der Waals surface area (Å²) in [6, 6.07) is 6.99. The molecule has 0 radical (unpaired) electrons. The van der Waals surface area contributed by atoms with Crippen LogP contribution in [-0.2, 0) is 0 Å². The molecule has 0 spiro atoms. The first-order chi connectivity index (χ1) is 7.50. The van der Waals surface area contributed by atoms with Crippen LogP contribution in [0.4, 0.5) is 5.69 Å². The van der Waals surface area contributed by atoms with Gasteiger partial charge >= 0.3 is 0 Å². The molecule has 0 aliphatic carbocycles. The standard InChI is InChI=1S/C12H19N3O/c1-14(2)8-9-15(3)12(16)10-4-6-11(13)7-5-10/h4-7H,8-9,13H2,1-3H3. The SMILES string of the molecule is CN(C)CCN(C)C(=O)c1ccc(N)cc1. The Labute approximate surface area is 96.6 Å². The number of benzene rings is 1. The predicted molar refractivity (Wildman–Crippen MR) is 66.4 cm³/mol. The van der Waals surface area contributed by atoms with E-state index < -0.39 is 0 Å². The summed E-state index contributed by atoms with van der Waals surface area (Å²) in [6.45, 7) is 1.58. The van der Waals surface area contributed by atoms with Gasteiger partial charge in [-0.2, -0.15) is 0 Å². The quantitative estimate of drug-likeness (QED) is 0.769. The topological polar surface area (TPSA) is 49.6 Å². The maximum Gasteiger partial charge on any atom is 0.253 e. The minimum atomic E-state index is 0.0295. The second-order valence-corrected chi connectivity index (χ2v) is 4.15. The highest BCUT2D eigenvalue weighted by molar-refractivity contribution is 5.94. The van der Waals surface area contributed by atoms with E-state index >= 15 is 0 Å². The van der Waals surface area contributed by atoms with Crippen molar-refractivity contribution >= 4 is 11.6 Å². The molecule has 88 valence electrons. The summed E-state index contributed by atoms with van der Waals surface area (Å²) in [5.41, 5.74) is 6.92. The average Bonchev–Trinajstić information content (AvgIpc) is 2.26. The van der Waals surface area contributed by atoms with Gasteiger partial charge in [-0.15, -0.1) is 0 Å². The minimum Gasteiger partial charge on any atom is -0.399 e. The van der Waals surface area contributed by atoms with Crippen molar-refractivity contribution in [3.63, 3.8) is 0 Å². The highest BCUT2D eigenvalue weighted by Gasteiger charge is 2.10. The van der Waals surface area contributed by atoms with Crippen LogP contribution in [0, 0.1) is 0 Å². The van der Waals surface area contributed by atoms with Crippen LogP contribution in [0.2, 0.25) is 0 Å². The minimum absolute atomic E-state index is 0.0295. The smallest absolute Gasteiger partial charge is 0.253 e. The van der Waals surface area contributed by atoms with Crippen LogP contribution >= 0.6 is 0 Å². The van der Waals surface area contributed by atoms with Gasteiger partial charge in [-0.25, -0.2) is 0 Å². The van der Waals surface area contributed by atoms with E-state index in [2.05, 4.69) is 0 Å². The fourth-order valence-electron chi connectivity index (χ4n) is 1.30. The molecular formula is C12H19N3O. The van der Waals surface area contributed by atoms with Gasteiger partial charge in [-0.1, -0.05) is 0 Å². The first-order valence-corrected chi connectivity index (χ1v) is 5.26. The zero-order valence-electron chi connectivity index (χ0n) is 10.1. The zero-order chi connectivity index (χ0) is 12.1. The van der Waals surface area contributed by atoms with Gasteiger partial charge in [0.25, 0.3) is 5.91 Å². The Hall–Kier alpha value is -1.55. The Bertz CT molecular complexity index is 346. The van der Waals surface area contributed by atoms with E-state index in [-0.39, 0.29) is 5.91 Å². The molecule has 1 aromatic rings. The van der Waals surface area contributed by atoms with Crippen LogP contribution < -0.4 is 5.73 Å². The number of anilines is 1. The lowest BCUT2D eigenvalue weighted by atomic mass is 10.2. The van der Waals surface area contributed by atoms with E-state index in [4.69, 9.17) is 5.73 Å². The van der Waals surface area contributed by atoms with Gasteiger partial charge in [0.1, 0.15) is 0 Å². The van der Waals surface area contributed by atoms with Crippen LogP contribution in [0.25, 0.3) is 0 Å². The van der Waals surface area contributed by atoms with Gasteiger partial charge in [0.2, 0.25) is 0 Å². The summed E-state index contributed by atoms with van der Waals surface area (Å²) in [6.07, 6.45) is 0. The summed E-state index contributed by atoms with van der Waals surface area (Å²) >= 11 is 0. The lowest BCUT2D eigenvalue weighted by molar-refractivity contribution is 0.0786. The Morgan fingerprint density at radius 2 is 1.69 bits per heavy atom. The molecule has 0 heterocycles. The first-order valence-electron chi connectivity index (χ1n) is 5.26. The number of amides is 1. The number of hydrogen-bond donors (Lipinski definition) is 1. The summed E-state index contributed by atoms with van der Waals surface area (Å²) in [5, 5.41) is 0. The van der Waals surface area contributed by atoms with Crippen molar-refractivity contribution in [2.24, 2.45) is 0 Å². The fourth-order valence-corrected chi connectivity index (χ4v) is 1.30. The molecule has 16 heavy (non-hydrogen) atoms. The number of carbonyl (C=O) groups excluding carboxylic acids is 1. The third kappa shape index (κ3) is 3.55. The summed E-state index contributed by atoms with van der Waals surface area (Å²) in [7, 11) is 5.78. The van der Waals surface area contributed by atoms with Crippen LogP contribution in [0.3, 0.4) is 0 Å². The van der Waals surface area contributed by atoms with Crippen molar-refractivity contribution in [1.29, 1.82) is 0 Å². The van der Waals surface area contributed by atoms with Crippen molar-refractivity contribution in [1.82, 2.24) is 9.80 Å². The van der Waals surface area contributed by atoms with Crippen molar-refractivity contribution in [3.8, 4) is 0 Å². The number of nitrogen functional groups attached to an aromatic ring is 1. The monoisotopic (exact) mass is 221 g/mol. The third-order valence-corrected chi connectivity index (χ3v) is 2.39. The van der Waals surface area contributed by atoms with Crippen LogP contribution in [0.5, 0.6) is 0 Å². The van der Waals surface area contributed by atoms with Crippen LogP contribution in [0.1, 0.15) is 10.4 Å². The molecule has 0 aliphatic heterocycles. The van der Waals surface area contributed by atoms with Crippen molar-refractivity contribution in [2.45, 2.75) is 0 Å². The fraction of sp³-hybridized carbons (Fsp3) is 0.417. The second-order valence-electron chi connectivity index (χ2n) is 4.15. The first kappa shape index (κ1) is 12.5. The predicted octanol–water partition coefficient (Wildman–Crippen LogP) is 0.902. The Morgan fingerprint density at radius 1 is 1.12 bits per heavy atom. The molecule has 4 heteroatoms. The normalized spacial score (nSPS) is 10.5. The van der Waals surface area contributed by atoms with Crippen molar-refractivity contribution < 1.29 is 4.79 Å². The molecule has 1 rings (SSSR count). The molecule has 0 aliphatic rings. The van der Waals surface area contributed by atoms with Crippen molar-refractivity contribution in [2.75, 3.05) is 40.0 Å². The Morgan fingerprint density at radius 3 is 2.19 bits per heavy atom. The molecule has 4 nitrogen and oxygen atoms in total. The van der Waals surface area contributed by atoms with Crippen molar-refractivity contribution in [3.05, 3.63) is 29.8 Å². The van der Waals surface area contributed by atoms with Crippen LogP contribution in [-0.4, -0.2) is 49.9 Å². The molecule has 0 saturated heterocycles. The lowest BCUT2D eigenvalue weighted by Crippen LogP contribution is -2.33. The largest absolute Gasteiger partial charge is 0.399 e. The number of rotatable bonds is 4. The highest BCUT2D eigenvalue weighted by atomic mass is 16.2. The van der Waals surface area contributed by atoms with Gasteiger partial charge in [0.05, 0.1) is 0 Å². The number of likely N-dealkylation sites (N-methyl/N-ethyl adjacent to an activating group) is 2. The summed E-state index contributed by atoms with van der Waals surface area (Å²) in [5.74, 6) is 0.0295.